The van der Waals surface area contributed by atoms with Gasteiger partial charge in [-0.05, 0) is 52.0 Å². The molecule has 0 unspecified atom stereocenters. The molecule has 0 radical (unpaired) electrons. The van der Waals surface area contributed by atoms with Crippen molar-refractivity contribution in [1.29, 1.82) is 0 Å². The third-order valence-electron chi connectivity index (χ3n) is 4.13. The lowest BCUT2D eigenvalue weighted by atomic mass is 9.91. The number of amides is 1. The minimum Gasteiger partial charge on any atom is -0.444 e. The lowest BCUT2D eigenvalue weighted by Crippen LogP contribution is -2.42. The second kappa shape index (κ2) is 7.62. The monoisotopic (exact) mass is 316 g/mol. The van der Waals surface area contributed by atoms with E-state index < -0.39 is 5.60 Å². The maximum atomic E-state index is 12.1. The Morgan fingerprint density at radius 3 is 2.35 bits per heavy atom. The first-order valence-corrected chi connectivity index (χ1v) is 8.39. The summed E-state index contributed by atoms with van der Waals surface area (Å²) in [6.07, 6.45) is 5.72. The molecule has 0 aliphatic heterocycles. The van der Waals surface area contributed by atoms with Crippen LogP contribution in [0.4, 0.5) is 4.79 Å². The van der Waals surface area contributed by atoms with Gasteiger partial charge in [0.25, 0.3) is 0 Å². The molecule has 1 saturated carbocycles. The second-order valence-electron chi connectivity index (χ2n) is 7.24. The van der Waals surface area contributed by atoms with Crippen molar-refractivity contribution in [3.8, 4) is 0 Å². The predicted molar refractivity (Wildman–Crippen MR) is 94.1 cm³/mol. The van der Waals surface area contributed by atoms with Crippen LogP contribution in [0, 0.1) is 0 Å². The molecular formula is C19H28N2O2. The molecule has 1 aromatic rings. The van der Waals surface area contributed by atoms with Gasteiger partial charge in [-0.2, -0.15) is 0 Å². The molecule has 126 valence electrons. The molecule has 23 heavy (non-hydrogen) atoms. The smallest absolute Gasteiger partial charge is 0.410 e. The van der Waals surface area contributed by atoms with E-state index in [4.69, 9.17) is 9.73 Å². The van der Waals surface area contributed by atoms with E-state index in [0.717, 1.165) is 31.2 Å². The van der Waals surface area contributed by atoms with Crippen molar-refractivity contribution in [2.24, 2.45) is 4.99 Å². The van der Waals surface area contributed by atoms with Crippen molar-refractivity contribution >= 4 is 12.3 Å². The lowest BCUT2D eigenvalue weighted by molar-refractivity contribution is 0.0184. The molecule has 1 aromatic carbocycles. The van der Waals surface area contributed by atoms with Gasteiger partial charge in [0.1, 0.15) is 5.60 Å². The Morgan fingerprint density at radius 1 is 1.17 bits per heavy atom. The number of nitrogens with zero attached hydrogens (tertiary/aromatic N) is 2. The maximum absolute atomic E-state index is 12.1. The molecule has 0 bridgehead atoms. The second-order valence-corrected chi connectivity index (χ2v) is 7.24. The molecular weight excluding hydrogens is 288 g/mol. The number of rotatable bonds is 3. The summed E-state index contributed by atoms with van der Waals surface area (Å²) < 4.78 is 5.44. The summed E-state index contributed by atoms with van der Waals surface area (Å²) in [6.45, 7) is 5.69. The van der Waals surface area contributed by atoms with Crippen molar-refractivity contribution in [2.45, 2.75) is 64.1 Å². The Bertz CT molecular complexity index is 526. The number of hydrogen-bond donors (Lipinski definition) is 0. The van der Waals surface area contributed by atoms with Crippen LogP contribution in [0.1, 0.15) is 52.0 Å². The summed E-state index contributed by atoms with van der Waals surface area (Å²) in [7, 11) is 1.84. The first kappa shape index (κ1) is 17.5. The average Bonchev–Trinajstić information content (AvgIpc) is 2.52. The average molecular weight is 316 g/mol. The van der Waals surface area contributed by atoms with Crippen LogP contribution in [-0.4, -0.2) is 41.9 Å². The highest BCUT2D eigenvalue weighted by molar-refractivity contribution is 5.79. The number of carbonyl (C=O) groups is 1. The molecule has 0 saturated heterocycles. The maximum Gasteiger partial charge on any atom is 0.410 e. The van der Waals surface area contributed by atoms with Crippen LogP contribution >= 0.6 is 0 Å². The molecule has 4 nitrogen and oxygen atoms in total. The van der Waals surface area contributed by atoms with Gasteiger partial charge in [0, 0.05) is 19.3 Å². The highest BCUT2D eigenvalue weighted by Gasteiger charge is 2.28. The van der Waals surface area contributed by atoms with Crippen LogP contribution in [0.5, 0.6) is 0 Å². The van der Waals surface area contributed by atoms with Crippen LogP contribution in [0.25, 0.3) is 0 Å². The van der Waals surface area contributed by atoms with E-state index in [-0.39, 0.29) is 12.1 Å². The Hall–Kier alpha value is -1.84. The van der Waals surface area contributed by atoms with E-state index in [1.165, 1.54) is 0 Å². The van der Waals surface area contributed by atoms with Crippen LogP contribution in [0.15, 0.2) is 35.3 Å². The van der Waals surface area contributed by atoms with E-state index in [9.17, 15) is 4.79 Å². The van der Waals surface area contributed by atoms with Crippen LogP contribution in [0.2, 0.25) is 0 Å². The number of ether oxygens (including phenoxy) is 1. The molecule has 1 fully saturated rings. The largest absolute Gasteiger partial charge is 0.444 e. The molecule has 4 heteroatoms. The van der Waals surface area contributed by atoms with Crippen LogP contribution in [0.3, 0.4) is 0 Å². The van der Waals surface area contributed by atoms with Crippen molar-refractivity contribution < 1.29 is 9.53 Å². The van der Waals surface area contributed by atoms with Gasteiger partial charge in [-0.15, -0.1) is 0 Å². The minimum absolute atomic E-state index is 0.228. The third kappa shape index (κ3) is 5.70. The number of aliphatic imine (C=N–C) groups is 1. The van der Waals surface area contributed by atoms with Crippen LogP contribution < -0.4 is 0 Å². The highest BCUT2D eigenvalue weighted by atomic mass is 16.6. The van der Waals surface area contributed by atoms with Gasteiger partial charge in [-0.25, -0.2) is 4.79 Å². The number of hydrogen-bond acceptors (Lipinski definition) is 3. The molecule has 0 spiro atoms. The van der Waals surface area contributed by atoms with E-state index in [1.54, 1.807) is 4.90 Å². The van der Waals surface area contributed by atoms with E-state index in [0.29, 0.717) is 6.04 Å². The van der Waals surface area contributed by atoms with Gasteiger partial charge >= 0.3 is 6.09 Å². The quantitative estimate of drug-likeness (QED) is 0.781. The Morgan fingerprint density at radius 2 is 1.78 bits per heavy atom. The Labute approximate surface area is 139 Å². The Kier molecular flexibility index (Phi) is 5.80. The van der Waals surface area contributed by atoms with E-state index in [1.807, 2.05) is 52.2 Å². The van der Waals surface area contributed by atoms with Gasteiger partial charge < -0.3 is 9.64 Å². The van der Waals surface area contributed by atoms with Crippen molar-refractivity contribution in [2.75, 3.05) is 7.05 Å². The molecule has 0 heterocycles. The lowest BCUT2D eigenvalue weighted by Gasteiger charge is -2.34. The summed E-state index contributed by atoms with van der Waals surface area (Å²) in [4.78, 5) is 18.6. The van der Waals surface area contributed by atoms with Crippen molar-refractivity contribution in [3.63, 3.8) is 0 Å². The Balaban J connectivity index is 1.81. The first-order valence-electron chi connectivity index (χ1n) is 8.39. The van der Waals surface area contributed by atoms with E-state index >= 15 is 0 Å². The zero-order valence-corrected chi connectivity index (χ0v) is 14.7. The first-order chi connectivity index (χ1) is 10.8. The third-order valence-corrected chi connectivity index (χ3v) is 4.13. The molecule has 1 amide bonds. The standard InChI is InChI=1S/C19H28N2O2/c1-19(2,3)23-18(22)21(4)17-12-10-16(11-13-17)20-14-15-8-6-5-7-9-15/h5-9,14,16-17H,10-13H2,1-4H3/b20-14+/t16-,17-. The van der Waals surface area contributed by atoms with Gasteiger partial charge in [0.05, 0.1) is 6.04 Å². The molecule has 1 aliphatic rings. The minimum atomic E-state index is -0.442. The molecule has 2 rings (SSSR count). The van der Waals surface area contributed by atoms with Gasteiger partial charge in [0.15, 0.2) is 0 Å². The molecule has 0 aromatic heterocycles. The van der Waals surface area contributed by atoms with E-state index in [2.05, 4.69) is 12.1 Å². The molecule has 0 N–H and O–H groups in total. The predicted octanol–water partition coefficient (Wildman–Crippen LogP) is 4.28. The summed E-state index contributed by atoms with van der Waals surface area (Å²) in [5.41, 5.74) is 0.697. The summed E-state index contributed by atoms with van der Waals surface area (Å²) in [6, 6.07) is 10.8. The summed E-state index contributed by atoms with van der Waals surface area (Å²) >= 11 is 0. The number of benzene rings is 1. The zero-order valence-electron chi connectivity index (χ0n) is 14.7. The van der Waals surface area contributed by atoms with Gasteiger partial charge in [-0.3, -0.25) is 4.99 Å². The normalized spacial score (nSPS) is 22.1. The fourth-order valence-corrected chi connectivity index (χ4v) is 2.81. The fraction of sp³-hybridized carbons (Fsp3) is 0.579. The fourth-order valence-electron chi connectivity index (χ4n) is 2.81. The number of carbonyl (C=O) groups excluding carboxylic acids is 1. The topological polar surface area (TPSA) is 41.9 Å². The van der Waals surface area contributed by atoms with Crippen molar-refractivity contribution in [1.82, 2.24) is 4.90 Å². The highest BCUT2D eigenvalue weighted by Crippen LogP contribution is 2.25. The summed E-state index contributed by atoms with van der Waals surface area (Å²) in [5, 5.41) is 0. The zero-order chi connectivity index (χ0) is 16.9. The molecule has 0 atom stereocenters. The van der Waals surface area contributed by atoms with Gasteiger partial charge in [0.2, 0.25) is 0 Å². The summed E-state index contributed by atoms with van der Waals surface area (Å²) in [5.74, 6) is 0. The molecule has 1 aliphatic carbocycles. The van der Waals surface area contributed by atoms with Crippen molar-refractivity contribution in [3.05, 3.63) is 35.9 Å². The SMILES string of the molecule is CN(C(=O)OC(C)(C)C)[C@H]1CC[C@H](/N=C/c2ccccc2)CC1. The van der Waals surface area contributed by atoms with Gasteiger partial charge in [-0.1, -0.05) is 30.3 Å². The van der Waals surface area contributed by atoms with Crippen LogP contribution in [-0.2, 0) is 4.74 Å².